The largest absolute Gasteiger partial charge is 0.354 e. The first kappa shape index (κ1) is 21.8. The molecule has 0 radical (unpaired) electrons. The van der Waals surface area contributed by atoms with Gasteiger partial charge in [0.1, 0.15) is 20.0 Å². The number of carbonyl (C=O) groups excluding carboxylic acids is 2. The van der Waals surface area contributed by atoms with E-state index in [4.69, 9.17) is 18.9 Å². The lowest BCUT2D eigenvalue weighted by Gasteiger charge is -2.10. The molecule has 0 fully saturated rings. The summed E-state index contributed by atoms with van der Waals surface area (Å²) < 4.78 is 20.7. The van der Waals surface area contributed by atoms with Crippen LogP contribution in [0.1, 0.15) is 34.1 Å². The Morgan fingerprint density at radius 1 is 0.783 bits per heavy atom. The average Bonchev–Trinajstić information content (AvgIpc) is 2.45. The summed E-state index contributed by atoms with van der Waals surface area (Å²) in [6, 6.07) is 0. The number of rotatable bonds is 14. The van der Waals surface area contributed by atoms with Gasteiger partial charge < -0.3 is 29.6 Å². The van der Waals surface area contributed by atoms with E-state index in [2.05, 4.69) is 10.6 Å². The van der Waals surface area contributed by atoms with Crippen molar-refractivity contribution in [2.75, 3.05) is 39.9 Å². The molecule has 23 heavy (non-hydrogen) atoms. The number of carbonyl (C=O) groups is 2. The molecule has 2 N–H and O–H groups in total. The highest BCUT2D eigenvalue weighted by Gasteiger charge is 2.08. The van der Waals surface area contributed by atoms with Gasteiger partial charge in [-0.2, -0.15) is 0 Å². The molecule has 0 heterocycles. The van der Waals surface area contributed by atoms with Crippen molar-refractivity contribution in [2.24, 2.45) is 0 Å². The summed E-state index contributed by atoms with van der Waals surface area (Å²) in [6.07, 6.45) is -0.00579. The molecule has 0 unspecified atom stereocenters. The second kappa shape index (κ2) is 14.4. The van der Waals surface area contributed by atoms with E-state index < -0.39 is 0 Å². The van der Waals surface area contributed by atoms with Crippen LogP contribution in [0.3, 0.4) is 0 Å². The Bertz CT molecular complexity index is 293. The molecule has 8 heteroatoms. The molecular formula is C15H30N2O6. The van der Waals surface area contributed by atoms with Crippen LogP contribution in [0.2, 0.25) is 0 Å². The first-order chi connectivity index (χ1) is 10.9. The van der Waals surface area contributed by atoms with Gasteiger partial charge in [-0.1, -0.05) is 0 Å². The third-order valence-electron chi connectivity index (χ3n) is 2.43. The minimum Gasteiger partial charge on any atom is -0.354 e. The van der Waals surface area contributed by atoms with Gasteiger partial charge in [-0.3, -0.25) is 9.59 Å². The molecule has 0 saturated carbocycles. The molecule has 0 atom stereocenters. The fraction of sp³-hybridized carbons (Fsp3) is 0.867. The summed E-state index contributed by atoms with van der Waals surface area (Å²) >= 11 is 0. The Balaban J connectivity index is 3.43. The van der Waals surface area contributed by atoms with Gasteiger partial charge in [0.25, 0.3) is 0 Å². The highest BCUT2D eigenvalue weighted by molar-refractivity contribution is 5.96. The summed E-state index contributed by atoms with van der Waals surface area (Å²) in [5.74, 6) is -0.695. The highest BCUT2D eigenvalue weighted by Crippen LogP contribution is 1.88. The lowest BCUT2D eigenvalue weighted by molar-refractivity contribution is -0.130. The lowest BCUT2D eigenvalue weighted by Crippen LogP contribution is -2.35. The molecule has 136 valence electrons. The Kier molecular flexibility index (Phi) is 13.6. The highest BCUT2D eigenvalue weighted by atomic mass is 16.7. The molecule has 2 amide bonds. The maximum absolute atomic E-state index is 11.5. The number of ether oxygens (including phenoxy) is 4. The van der Waals surface area contributed by atoms with Crippen molar-refractivity contribution in [3.05, 3.63) is 0 Å². The summed E-state index contributed by atoms with van der Waals surface area (Å²) in [4.78, 5) is 23.0. The van der Waals surface area contributed by atoms with E-state index in [-0.39, 0.29) is 44.0 Å². The molecule has 0 aromatic heterocycles. The van der Waals surface area contributed by atoms with Crippen LogP contribution in [0.5, 0.6) is 0 Å². The SMILES string of the molecule is CC(C)OCOCCNC(=O)CC(=O)NCCOCOC(C)C. The number of nitrogens with one attached hydrogen (secondary N) is 2. The standard InChI is InChI=1S/C15H30N2O6/c1-12(2)22-10-20-7-5-16-14(18)9-15(19)17-6-8-21-11-23-13(3)4/h12-13H,5-11H2,1-4H3,(H,16,18)(H,17,19). The molecule has 0 rings (SSSR count). The first-order valence-corrected chi connectivity index (χ1v) is 7.84. The second-order valence-corrected chi connectivity index (χ2v) is 5.36. The Morgan fingerprint density at radius 2 is 1.17 bits per heavy atom. The van der Waals surface area contributed by atoms with Gasteiger partial charge in [-0.25, -0.2) is 0 Å². The predicted octanol–water partition coefficient (Wildman–Crippen LogP) is 0.407. The van der Waals surface area contributed by atoms with Gasteiger partial charge in [-0.05, 0) is 27.7 Å². The molecule has 0 aliphatic rings. The Labute approximate surface area is 138 Å². The van der Waals surface area contributed by atoms with Gasteiger partial charge in [0, 0.05) is 13.1 Å². The van der Waals surface area contributed by atoms with E-state index >= 15 is 0 Å². The van der Waals surface area contributed by atoms with E-state index in [1.165, 1.54) is 0 Å². The topological polar surface area (TPSA) is 95.1 Å². The molecule has 0 aliphatic carbocycles. The summed E-state index contributed by atoms with van der Waals surface area (Å²) in [7, 11) is 0. The van der Waals surface area contributed by atoms with Crippen LogP contribution in [0.4, 0.5) is 0 Å². The number of amides is 2. The predicted molar refractivity (Wildman–Crippen MR) is 84.7 cm³/mol. The lowest BCUT2D eigenvalue weighted by atomic mass is 10.3. The van der Waals surface area contributed by atoms with Crippen molar-refractivity contribution in [3.63, 3.8) is 0 Å². The number of hydrogen-bond donors (Lipinski definition) is 2. The zero-order valence-corrected chi connectivity index (χ0v) is 14.6. The normalized spacial score (nSPS) is 11.0. The smallest absolute Gasteiger partial charge is 0.229 e. The molecule has 0 bridgehead atoms. The van der Waals surface area contributed by atoms with Crippen molar-refractivity contribution < 1.29 is 28.5 Å². The monoisotopic (exact) mass is 334 g/mol. The molecular weight excluding hydrogens is 304 g/mol. The zero-order chi connectivity index (χ0) is 17.5. The number of hydrogen-bond acceptors (Lipinski definition) is 6. The van der Waals surface area contributed by atoms with Gasteiger partial charge in [0.2, 0.25) is 11.8 Å². The van der Waals surface area contributed by atoms with Gasteiger partial charge in [-0.15, -0.1) is 0 Å². The molecule has 0 saturated heterocycles. The fourth-order valence-corrected chi connectivity index (χ4v) is 1.28. The van der Waals surface area contributed by atoms with Crippen LogP contribution in [-0.4, -0.2) is 63.9 Å². The van der Waals surface area contributed by atoms with E-state index in [0.29, 0.717) is 26.3 Å². The van der Waals surface area contributed by atoms with E-state index in [1.807, 2.05) is 27.7 Å². The van der Waals surface area contributed by atoms with Gasteiger partial charge in [0.05, 0.1) is 25.4 Å². The van der Waals surface area contributed by atoms with Crippen molar-refractivity contribution in [2.45, 2.75) is 46.3 Å². The average molecular weight is 334 g/mol. The van der Waals surface area contributed by atoms with Crippen LogP contribution in [0.15, 0.2) is 0 Å². The second-order valence-electron chi connectivity index (χ2n) is 5.36. The molecule has 0 aromatic rings. The maximum atomic E-state index is 11.5. The maximum Gasteiger partial charge on any atom is 0.229 e. The van der Waals surface area contributed by atoms with Crippen LogP contribution >= 0.6 is 0 Å². The molecule has 8 nitrogen and oxygen atoms in total. The van der Waals surface area contributed by atoms with E-state index in [0.717, 1.165) is 0 Å². The van der Waals surface area contributed by atoms with Crippen LogP contribution in [0.25, 0.3) is 0 Å². The zero-order valence-electron chi connectivity index (χ0n) is 14.6. The molecule has 0 spiro atoms. The van der Waals surface area contributed by atoms with Gasteiger partial charge >= 0.3 is 0 Å². The fourth-order valence-electron chi connectivity index (χ4n) is 1.28. The van der Waals surface area contributed by atoms with Crippen molar-refractivity contribution in [1.29, 1.82) is 0 Å². The third kappa shape index (κ3) is 17.0. The van der Waals surface area contributed by atoms with Crippen molar-refractivity contribution in [1.82, 2.24) is 10.6 Å². The van der Waals surface area contributed by atoms with Gasteiger partial charge in [0.15, 0.2) is 0 Å². The molecule has 0 aromatic carbocycles. The summed E-state index contributed by atoms with van der Waals surface area (Å²) in [5.41, 5.74) is 0. The first-order valence-electron chi connectivity index (χ1n) is 7.84. The molecule has 0 aliphatic heterocycles. The summed E-state index contributed by atoms with van der Waals surface area (Å²) in [5, 5.41) is 5.19. The van der Waals surface area contributed by atoms with Crippen molar-refractivity contribution in [3.8, 4) is 0 Å². The minimum absolute atomic E-state index is 0.106. The van der Waals surface area contributed by atoms with Crippen LogP contribution in [0, 0.1) is 0 Å². The van der Waals surface area contributed by atoms with Crippen LogP contribution < -0.4 is 10.6 Å². The van der Waals surface area contributed by atoms with Crippen LogP contribution in [-0.2, 0) is 28.5 Å². The van der Waals surface area contributed by atoms with E-state index in [9.17, 15) is 9.59 Å². The minimum atomic E-state index is -0.347. The Hall–Kier alpha value is -1.22. The Morgan fingerprint density at radius 3 is 1.52 bits per heavy atom. The quantitative estimate of drug-likeness (QED) is 0.271. The van der Waals surface area contributed by atoms with Crippen molar-refractivity contribution >= 4 is 11.8 Å². The van der Waals surface area contributed by atoms with E-state index in [1.54, 1.807) is 0 Å². The third-order valence-corrected chi connectivity index (χ3v) is 2.43. The summed E-state index contributed by atoms with van der Waals surface area (Å²) in [6.45, 7) is 9.36.